The van der Waals surface area contributed by atoms with E-state index in [2.05, 4.69) is 20.1 Å². The van der Waals surface area contributed by atoms with Gasteiger partial charge in [0.05, 0.1) is 11.1 Å². The summed E-state index contributed by atoms with van der Waals surface area (Å²) in [6.07, 6.45) is 4.58. The van der Waals surface area contributed by atoms with Crippen molar-refractivity contribution in [2.24, 2.45) is 0 Å². The van der Waals surface area contributed by atoms with Gasteiger partial charge in [0.25, 0.3) is 0 Å². The quantitative estimate of drug-likeness (QED) is 0.385. The molecule has 3 heterocycles. The molecule has 0 atom stereocenters. The molecular weight excluding hydrogens is 397 g/mol. The van der Waals surface area contributed by atoms with Gasteiger partial charge in [-0.3, -0.25) is 0 Å². The molecule has 6 nitrogen and oxygen atoms in total. The Kier molecular flexibility index (Phi) is 4.48. The molecule has 0 saturated carbocycles. The zero-order chi connectivity index (χ0) is 19.1. The van der Waals surface area contributed by atoms with Crippen LogP contribution in [0.3, 0.4) is 0 Å². The summed E-state index contributed by atoms with van der Waals surface area (Å²) < 4.78 is 18.3. The Balaban J connectivity index is 1.35. The van der Waals surface area contributed by atoms with Crippen LogP contribution in [0.5, 0.6) is 0 Å². The van der Waals surface area contributed by atoms with E-state index in [9.17, 15) is 4.39 Å². The second kappa shape index (κ2) is 7.14. The summed E-state index contributed by atoms with van der Waals surface area (Å²) in [6, 6.07) is 5.97. The van der Waals surface area contributed by atoms with Crippen LogP contribution >= 0.6 is 23.1 Å². The first-order chi connectivity index (χ1) is 13.7. The van der Waals surface area contributed by atoms with Gasteiger partial charge in [0.15, 0.2) is 5.16 Å². The van der Waals surface area contributed by atoms with Crippen molar-refractivity contribution in [2.45, 2.75) is 36.6 Å². The monoisotopic (exact) mass is 413 g/mol. The zero-order valence-corrected chi connectivity index (χ0v) is 16.4. The Hall–Kier alpha value is -2.52. The molecule has 5 rings (SSSR count). The third-order valence-corrected chi connectivity index (χ3v) is 6.74. The van der Waals surface area contributed by atoms with E-state index in [1.54, 1.807) is 23.5 Å². The van der Waals surface area contributed by atoms with Crippen LogP contribution < -0.4 is 5.73 Å². The molecule has 0 amide bonds. The van der Waals surface area contributed by atoms with E-state index in [4.69, 9.17) is 10.3 Å². The lowest BCUT2D eigenvalue weighted by molar-refractivity contribution is 0.391. The molecule has 1 aliphatic carbocycles. The molecule has 0 fully saturated rings. The molecule has 0 unspecified atom stereocenters. The standard InChI is InChI=1S/C19H16FN5OS2/c20-11-7-5-10(6-8-11)17-22-14(26-25-17)9-27-19-23-16(21)15-12-3-1-2-4-13(12)28-18(15)24-19/h5-8H,1-4,9H2,(H2,21,23,24). The molecule has 142 valence electrons. The number of halogens is 1. The molecule has 9 heteroatoms. The van der Waals surface area contributed by atoms with Gasteiger partial charge < -0.3 is 10.3 Å². The van der Waals surface area contributed by atoms with Gasteiger partial charge in [-0.05, 0) is 55.5 Å². The van der Waals surface area contributed by atoms with E-state index in [1.807, 2.05) is 0 Å². The number of nitrogen functional groups attached to an aromatic ring is 1. The van der Waals surface area contributed by atoms with Crippen LogP contribution in [0.2, 0.25) is 0 Å². The lowest BCUT2D eigenvalue weighted by atomic mass is 9.97. The number of rotatable bonds is 4. The van der Waals surface area contributed by atoms with Crippen molar-refractivity contribution in [1.29, 1.82) is 0 Å². The minimum absolute atomic E-state index is 0.302. The van der Waals surface area contributed by atoms with Crippen LogP contribution in [-0.2, 0) is 18.6 Å². The number of fused-ring (bicyclic) bond motifs is 3. The van der Waals surface area contributed by atoms with E-state index in [1.165, 1.54) is 47.2 Å². The summed E-state index contributed by atoms with van der Waals surface area (Å²) >= 11 is 3.13. The highest BCUT2D eigenvalue weighted by Crippen LogP contribution is 2.38. The molecule has 3 aromatic heterocycles. The van der Waals surface area contributed by atoms with Gasteiger partial charge in [0.1, 0.15) is 16.5 Å². The smallest absolute Gasteiger partial charge is 0.237 e. The third kappa shape index (κ3) is 3.24. The molecule has 4 aromatic rings. The molecule has 0 saturated heterocycles. The maximum atomic E-state index is 13.0. The minimum atomic E-state index is -0.302. The minimum Gasteiger partial charge on any atom is -0.383 e. The number of aromatic nitrogens is 4. The maximum Gasteiger partial charge on any atom is 0.237 e. The number of aryl methyl sites for hydroxylation is 2. The molecule has 28 heavy (non-hydrogen) atoms. The summed E-state index contributed by atoms with van der Waals surface area (Å²) in [5.41, 5.74) is 8.28. The van der Waals surface area contributed by atoms with Crippen molar-refractivity contribution < 1.29 is 8.91 Å². The van der Waals surface area contributed by atoms with Crippen molar-refractivity contribution in [1.82, 2.24) is 20.1 Å². The largest absolute Gasteiger partial charge is 0.383 e. The summed E-state index contributed by atoms with van der Waals surface area (Å²) in [5, 5.41) is 5.58. The molecule has 0 bridgehead atoms. The Morgan fingerprint density at radius 3 is 2.79 bits per heavy atom. The average Bonchev–Trinajstić information content (AvgIpc) is 3.31. The number of benzene rings is 1. The van der Waals surface area contributed by atoms with Gasteiger partial charge in [0, 0.05) is 10.4 Å². The topological polar surface area (TPSA) is 90.7 Å². The number of hydrogen-bond acceptors (Lipinski definition) is 8. The highest BCUT2D eigenvalue weighted by atomic mass is 32.2. The molecule has 1 aromatic carbocycles. The lowest BCUT2D eigenvalue weighted by Gasteiger charge is -2.10. The van der Waals surface area contributed by atoms with E-state index in [0.29, 0.717) is 34.0 Å². The van der Waals surface area contributed by atoms with Gasteiger partial charge in [0.2, 0.25) is 11.7 Å². The maximum absolute atomic E-state index is 13.0. The number of thioether (sulfide) groups is 1. The highest BCUT2D eigenvalue weighted by molar-refractivity contribution is 7.98. The second-order valence-electron chi connectivity index (χ2n) is 6.59. The predicted molar refractivity (Wildman–Crippen MR) is 108 cm³/mol. The highest BCUT2D eigenvalue weighted by Gasteiger charge is 2.20. The Labute approximate surface area is 168 Å². The van der Waals surface area contributed by atoms with Crippen LogP contribution in [0, 0.1) is 5.82 Å². The summed E-state index contributed by atoms with van der Waals surface area (Å²) in [5.74, 6) is 1.56. The van der Waals surface area contributed by atoms with Crippen LogP contribution in [0.15, 0.2) is 33.9 Å². The summed E-state index contributed by atoms with van der Waals surface area (Å²) in [4.78, 5) is 15.9. The number of nitrogens with two attached hydrogens (primary N) is 1. The SMILES string of the molecule is Nc1nc(SCc2nc(-c3ccc(F)cc3)no2)nc2sc3c(c12)CCCC3. The number of hydrogen-bond donors (Lipinski definition) is 1. The van der Waals surface area contributed by atoms with E-state index in [0.717, 1.165) is 23.1 Å². The molecule has 1 aliphatic rings. The van der Waals surface area contributed by atoms with E-state index < -0.39 is 0 Å². The van der Waals surface area contributed by atoms with Gasteiger partial charge >= 0.3 is 0 Å². The number of anilines is 1. The summed E-state index contributed by atoms with van der Waals surface area (Å²) in [6.45, 7) is 0. The lowest BCUT2D eigenvalue weighted by Crippen LogP contribution is -2.01. The Morgan fingerprint density at radius 2 is 1.93 bits per heavy atom. The fourth-order valence-corrected chi connectivity index (χ4v) is 5.40. The number of nitrogens with zero attached hydrogens (tertiary/aromatic N) is 4. The Bertz CT molecular complexity index is 1160. The fraction of sp³-hybridized carbons (Fsp3) is 0.263. The van der Waals surface area contributed by atoms with E-state index in [-0.39, 0.29) is 5.82 Å². The van der Waals surface area contributed by atoms with Crippen molar-refractivity contribution >= 4 is 39.1 Å². The second-order valence-corrected chi connectivity index (χ2v) is 8.62. The van der Waals surface area contributed by atoms with Crippen molar-refractivity contribution in [3.8, 4) is 11.4 Å². The Morgan fingerprint density at radius 1 is 1.11 bits per heavy atom. The first-order valence-corrected chi connectivity index (χ1v) is 10.8. The molecule has 0 radical (unpaired) electrons. The first-order valence-electron chi connectivity index (χ1n) is 8.96. The molecule has 2 N–H and O–H groups in total. The van der Waals surface area contributed by atoms with Crippen molar-refractivity contribution in [3.05, 3.63) is 46.4 Å². The third-order valence-electron chi connectivity index (χ3n) is 4.72. The average molecular weight is 414 g/mol. The molecule has 0 aliphatic heterocycles. The molecular formula is C19H16FN5OS2. The first kappa shape index (κ1) is 17.6. The van der Waals surface area contributed by atoms with Gasteiger partial charge in [-0.25, -0.2) is 14.4 Å². The normalized spacial score (nSPS) is 13.8. The fourth-order valence-electron chi connectivity index (χ4n) is 3.39. The van der Waals surface area contributed by atoms with Crippen LogP contribution in [0.1, 0.15) is 29.2 Å². The molecule has 0 spiro atoms. The zero-order valence-electron chi connectivity index (χ0n) is 14.8. The predicted octanol–water partition coefficient (Wildman–Crippen LogP) is 4.63. The van der Waals surface area contributed by atoms with Crippen molar-refractivity contribution in [3.63, 3.8) is 0 Å². The van der Waals surface area contributed by atoms with Gasteiger partial charge in [-0.15, -0.1) is 11.3 Å². The van der Waals surface area contributed by atoms with Crippen molar-refractivity contribution in [2.75, 3.05) is 5.73 Å². The van der Waals surface area contributed by atoms with Crippen LogP contribution in [0.4, 0.5) is 10.2 Å². The van der Waals surface area contributed by atoms with Crippen LogP contribution in [0.25, 0.3) is 21.6 Å². The summed E-state index contributed by atoms with van der Waals surface area (Å²) in [7, 11) is 0. The van der Waals surface area contributed by atoms with Gasteiger partial charge in [-0.1, -0.05) is 16.9 Å². The van der Waals surface area contributed by atoms with Gasteiger partial charge in [-0.2, -0.15) is 4.98 Å². The van der Waals surface area contributed by atoms with Crippen LogP contribution in [-0.4, -0.2) is 20.1 Å². The number of thiophene rings is 1. The van der Waals surface area contributed by atoms with E-state index >= 15 is 0 Å².